The monoisotopic (exact) mass is 405 g/mol. The Morgan fingerprint density at radius 1 is 1.12 bits per heavy atom. The van der Waals surface area contributed by atoms with Crippen LogP contribution in [0.4, 0.5) is 0 Å². The summed E-state index contributed by atoms with van der Waals surface area (Å²) in [5.41, 5.74) is 1.72. The van der Waals surface area contributed by atoms with Crippen molar-refractivity contribution in [1.82, 2.24) is 25.3 Å². The maximum Gasteiger partial charge on any atom is 0.277 e. The smallest absolute Gasteiger partial charge is 0.277 e. The molecule has 0 unspecified atom stereocenters. The summed E-state index contributed by atoms with van der Waals surface area (Å²) in [5.74, 6) is 1.90. The van der Waals surface area contributed by atoms with Gasteiger partial charge in [0.1, 0.15) is 4.88 Å². The van der Waals surface area contributed by atoms with Gasteiger partial charge in [-0.05, 0) is 38.1 Å². The standard InChI is InChI=1S/C16H12ClN5O2S2/c1-8-13(26-9(2)18-8)15-20-21-16(23-15)25-7-12-19-14(22-24-12)10-3-5-11(17)6-4-10/h3-6H,7H2,1-2H3. The highest BCUT2D eigenvalue weighted by Gasteiger charge is 2.16. The molecule has 3 aromatic heterocycles. The third-order valence-corrected chi connectivity index (χ3v) is 5.51. The maximum atomic E-state index is 5.89. The molecule has 0 aliphatic heterocycles. The van der Waals surface area contributed by atoms with E-state index >= 15 is 0 Å². The summed E-state index contributed by atoms with van der Waals surface area (Å²) in [6, 6.07) is 7.25. The van der Waals surface area contributed by atoms with Crippen LogP contribution in [-0.4, -0.2) is 25.3 Å². The molecule has 26 heavy (non-hydrogen) atoms. The van der Waals surface area contributed by atoms with Gasteiger partial charge < -0.3 is 8.94 Å². The molecule has 0 aliphatic rings. The molecule has 0 amide bonds. The molecule has 3 heterocycles. The molecule has 0 spiro atoms. The van der Waals surface area contributed by atoms with Gasteiger partial charge in [-0.25, -0.2) is 4.98 Å². The predicted molar refractivity (Wildman–Crippen MR) is 99.2 cm³/mol. The SMILES string of the molecule is Cc1nc(C)c(-c2nnc(SCc3nc(-c4ccc(Cl)cc4)no3)o2)s1. The van der Waals surface area contributed by atoms with Crippen LogP contribution >= 0.6 is 34.7 Å². The first-order valence-corrected chi connectivity index (χ1v) is 9.76. The Bertz CT molecular complexity index is 1040. The Kier molecular flexibility index (Phi) is 4.75. The average Bonchev–Trinajstić information content (AvgIpc) is 3.33. The molecule has 1 aromatic carbocycles. The molecule has 0 saturated carbocycles. The number of benzene rings is 1. The lowest BCUT2D eigenvalue weighted by atomic mass is 10.2. The van der Waals surface area contributed by atoms with Crippen LogP contribution in [0.1, 0.15) is 16.6 Å². The van der Waals surface area contributed by atoms with E-state index in [1.54, 1.807) is 12.1 Å². The zero-order valence-electron chi connectivity index (χ0n) is 13.8. The Balaban J connectivity index is 1.43. The number of thioether (sulfide) groups is 1. The van der Waals surface area contributed by atoms with E-state index in [9.17, 15) is 0 Å². The van der Waals surface area contributed by atoms with Gasteiger partial charge in [-0.15, -0.1) is 21.5 Å². The number of halogens is 1. The molecule has 132 valence electrons. The number of thiazole rings is 1. The van der Waals surface area contributed by atoms with Crippen molar-refractivity contribution in [2.75, 3.05) is 0 Å². The minimum atomic E-state index is 0.433. The van der Waals surface area contributed by atoms with Crippen LogP contribution < -0.4 is 0 Å². The van der Waals surface area contributed by atoms with Crippen molar-refractivity contribution in [2.24, 2.45) is 0 Å². The van der Waals surface area contributed by atoms with E-state index in [0.717, 1.165) is 21.1 Å². The van der Waals surface area contributed by atoms with Crippen molar-refractivity contribution < 1.29 is 8.94 Å². The highest BCUT2D eigenvalue weighted by atomic mass is 35.5. The number of hydrogen-bond donors (Lipinski definition) is 0. The second-order valence-corrected chi connectivity index (χ2v) is 7.89. The topological polar surface area (TPSA) is 90.7 Å². The van der Waals surface area contributed by atoms with E-state index in [1.165, 1.54) is 23.1 Å². The molecule has 10 heteroatoms. The van der Waals surface area contributed by atoms with Gasteiger partial charge in [-0.2, -0.15) is 4.98 Å². The first-order valence-electron chi connectivity index (χ1n) is 7.58. The first kappa shape index (κ1) is 17.2. The van der Waals surface area contributed by atoms with E-state index < -0.39 is 0 Å². The van der Waals surface area contributed by atoms with E-state index in [-0.39, 0.29) is 0 Å². The third kappa shape index (κ3) is 3.64. The third-order valence-electron chi connectivity index (χ3n) is 3.39. The molecule has 4 aromatic rings. The van der Waals surface area contributed by atoms with Crippen molar-refractivity contribution >= 4 is 34.7 Å². The zero-order valence-corrected chi connectivity index (χ0v) is 16.2. The lowest BCUT2D eigenvalue weighted by molar-refractivity contribution is 0.391. The Labute approximate surface area is 161 Å². The second-order valence-electron chi connectivity index (χ2n) is 5.33. The van der Waals surface area contributed by atoms with Gasteiger partial charge in [0.15, 0.2) is 0 Å². The fourth-order valence-corrected chi connectivity index (χ4v) is 3.81. The second kappa shape index (κ2) is 7.18. The first-order chi connectivity index (χ1) is 12.6. The number of hydrogen-bond acceptors (Lipinski definition) is 9. The molecular formula is C16H12ClN5O2S2. The molecule has 0 fully saturated rings. The van der Waals surface area contributed by atoms with Crippen molar-refractivity contribution in [1.29, 1.82) is 0 Å². The van der Waals surface area contributed by atoms with Crippen molar-refractivity contribution in [3.8, 4) is 22.2 Å². The molecule has 0 aliphatic carbocycles. The maximum absolute atomic E-state index is 5.89. The highest BCUT2D eigenvalue weighted by molar-refractivity contribution is 7.98. The summed E-state index contributed by atoms with van der Waals surface area (Å²) in [6.07, 6.45) is 0. The van der Waals surface area contributed by atoms with Crippen LogP contribution in [0.2, 0.25) is 5.02 Å². The molecule has 0 radical (unpaired) electrons. The fourth-order valence-electron chi connectivity index (χ4n) is 2.24. The number of aromatic nitrogens is 5. The summed E-state index contributed by atoms with van der Waals surface area (Å²) in [7, 11) is 0. The molecule has 0 atom stereocenters. The molecule has 7 nitrogen and oxygen atoms in total. The van der Waals surface area contributed by atoms with Crippen molar-refractivity contribution in [3.63, 3.8) is 0 Å². The lowest BCUT2D eigenvalue weighted by Crippen LogP contribution is -1.83. The zero-order chi connectivity index (χ0) is 18.1. The Morgan fingerprint density at radius 2 is 1.92 bits per heavy atom. The normalized spacial score (nSPS) is 11.2. The van der Waals surface area contributed by atoms with Gasteiger partial charge in [0, 0.05) is 10.6 Å². The van der Waals surface area contributed by atoms with Crippen LogP contribution in [-0.2, 0) is 5.75 Å². The van der Waals surface area contributed by atoms with Crippen molar-refractivity contribution in [3.05, 3.63) is 45.9 Å². The lowest BCUT2D eigenvalue weighted by Gasteiger charge is -1.93. The van der Waals surface area contributed by atoms with E-state index in [1.807, 2.05) is 26.0 Å². The average molecular weight is 406 g/mol. The fraction of sp³-hybridized carbons (Fsp3) is 0.188. The van der Waals surface area contributed by atoms with Crippen LogP contribution in [0.3, 0.4) is 0 Å². The quantitative estimate of drug-likeness (QED) is 0.437. The van der Waals surface area contributed by atoms with Crippen LogP contribution in [0, 0.1) is 13.8 Å². The van der Waals surface area contributed by atoms with Crippen LogP contribution in [0.15, 0.2) is 38.4 Å². The summed E-state index contributed by atoms with van der Waals surface area (Å²) >= 11 is 8.75. The Hall–Kier alpha value is -2.23. The van der Waals surface area contributed by atoms with Crippen molar-refractivity contribution in [2.45, 2.75) is 24.8 Å². The largest absolute Gasteiger partial charge is 0.410 e. The molecular weight excluding hydrogens is 394 g/mol. The minimum Gasteiger partial charge on any atom is -0.410 e. The summed E-state index contributed by atoms with van der Waals surface area (Å²) in [5, 5.41) is 14.2. The molecule has 0 saturated heterocycles. The molecule has 0 bridgehead atoms. The van der Waals surface area contributed by atoms with Crippen LogP contribution in [0.5, 0.6) is 0 Å². The van der Waals surface area contributed by atoms with E-state index in [4.69, 9.17) is 20.5 Å². The molecule has 0 N–H and O–H groups in total. The minimum absolute atomic E-state index is 0.433. The Morgan fingerprint density at radius 3 is 2.65 bits per heavy atom. The van der Waals surface area contributed by atoms with E-state index in [2.05, 4.69) is 25.3 Å². The number of nitrogens with zero attached hydrogens (tertiary/aromatic N) is 5. The number of aryl methyl sites for hydroxylation is 2. The summed E-state index contributed by atoms with van der Waals surface area (Å²) in [6.45, 7) is 3.87. The van der Waals surface area contributed by atoms with Gasteiger partial charge in [0.25, 0.3) is 11.1 Å². The van der Waals surface area contributed by atoms with E-state index in [0.29, 0.717) is 33.6 Å². The summed E-state index contributed by atoms with van der Waals surface area (Å²) < 4.78 is 11.0. The van der Waals surface area contributed by atoms with Crippen LogP contribution in [0.25, 0.3) is 22.2 Å². The predicted octanol–water partition coefficient (Wildman–Crippen LogP) is 4.81. The number of rotatable bonds is 5. The van der Waals surface area contributed by atoms with Gasteiger partial charge in [-0.1, -0.05) is 28.5 Å². The van der Waals surface area contributed by atoms with Gasteiger partial charge in [0.05, 0.1) is 16.5 Å². The highest BCUT2D eigenvalue weighted by Crippen LogP contribution is 2.31. The summed E-state index contributed by atoms with van der Waals surface area (Å²) in [4.78, 5) is 9.63. The molecule has 4 rings (SSSR count). The van der Waals surface area contributed by atoms with Gasteiger partial charge in [-0.3, -0.25) is 0 Å². The van der Waals surface area contributed by atoms with Gasteiger partial charge in [0.2, 0.25) is 11.7 Å². The van der Waals surface area contributed by atoms with Gasteiger partial charge >= 0.3 is 0 Å².